The maximum atomic E-state index is 11.2. The van der Waals surface area contributed by atoms with E-state index in [4.69, 9.17) is 4.74 Å². The molecular weight excluding hydrogens is 322 g/mol. The first kappa shape index (κ1) is 13.9. The van der Waals surface area contributed by atoms with E-state index in [1.54, 1.807) is 6.07 Å². The molecule has 1 aromatic rings. The fraction of sp³-hybridized carbons (Fsp3) is 0.600. The van der Waals surface area contributed by atoms with Crippen LogP contribution in [0.2, 0.25) is 0 Å². The molecule has 0 bridgehead atoms. The highest BCUT2D eigenvalue weighted by Gasteiger charge is 2.56. The fourth-order valence-corrected chi connectivity index (χ4v) is 4.70. The van der Waals surface area contributed by atoms with E-state index >= 15 is 0 Å². The van der Waals surface area contributed by atoms with E-state index in [1.807, 2.05) is 13.0 Å². The van der Waals surface area contributed by atoms with Crippen LogP contribution < -0.4 is 4.74 Å². The Bertz CT molecular complexity index is 540. The Kier molecular flexibility index (Phi) is 3.48. The van der Waals surface area contributed by atoms with Crippen LogP contribution >= 0.6 is 15.9 Å². The second kappa shape index (κ2) is 5.02. The average molecular weight is 340 g/mol. The Hall–Kier alpha value is -1.10. The van der Waals surface area contributed by atoms with Gasteiger partial charge in [-0.3, -0.25) is 10.1 Å². The van der Waals surface area contributed by atoms with Gasteiger partial charge < -0.3 is 4.74 Å². The van der Waals surface area contributed by atoms with Crippen molar-refractivity contribution < 1.29 is 9.66 Å². The number of alkyl halides is 1. The number of para-hydroxylation sites is 1. The Morgan fingerprint density at radius 1 is 1.40 bits per heavy atom. The molecule has 0 radical (unpaired) electrons. The zero-order chi connectivity index (χ0) is 14.3. The molecule has 0 saturated heterocycles. The number of nitro benzene ring substituents is 1. The minimum absolute atomic E-state index is 0.0798. The molecule has 0 aliphatic heterocycles. The van der Waals surface area contributed by atoms with Crippen molar-refractivity contribution in [1.82, 2.24) is 0 Å². The van der Waals surface area contributed by atoms with E-state index in [0.29, 0.717) is 10.6 Å². The maximum Gasteiger partial charge on any atom is 0.311 e. The van der Waals surface area contributed by atoms with E-state index in [-0.39, 0.29) is 22.1 Å². The van der Waals surface area contributed by atoms with Gasteiger partial charge in [-0.05, 0) is 31.7 Å². The summed E-state index contributed by atoms with van der Waals surface area (Å²) < 4.78 is 6.11. The molecule has 0 amide bonds. The normalized spacial score (nSPS) is 27.3. The van der Waals surface area contributed by atoms with Crippen molar-refractivity contribution in [2.75, 3.05) is 0 Å². The van der Waals surface area contributed by atoms with Crippen LogP contribution in [0.4, 0.5) is 5.69 Å². The van der Waals surface area contributed by atoms with Crippen LogP contribution in [0, 0.1) is 22.5 Å². The van der Waals surface area contributed by atoms with Gasteiger partial charge >= 0.3 is 5.69 Å². The zero-order valence-electron chi connectivity index (χ0n) is 11.5. The summed E-state index contributed by atoms with van der Waals surface area (Å²) in [6.45, 7) is 1.87. The summed E-state index contributed by atoms with van der Waals surface area (Å²) in [5, 5.41) is 11.2. The third-order valence-electron chi connectivity index (χ3n) is 4.87. The Labute approximate surface area is 126 Å². The first-order chi connectivity index (χ1) is 9.54. The smallest absolute Gasteiger partial charge is 0.311 e. The summed E-state index contributed by atoms with van der Waals surface area (Å²) >= 11 is 3.75. The SMILES string of the molecule is Cc1cccc([N+](=O)[O-])c1OC1CC(Br)C12CCCC2. The molecular formula is C15H18BrNO3. The highest BCUT2D eigenvalue weighted by Crippen LogP contribution is 2.58. The maximum absolute atomic E-state index is 11.2. The van der Waals surface area contributed by atoms with Crippen LogP contribution in [-0.2, 0) is 0 Å². The molecule has 20 heavy (non-hydrogen) atoms. The van der Waals surface area contributed by atoms with Crippen molar-refractivity contribution >= 4 is 21.6 Å². The van der Waals surface area contributed by atoms with Gasteiger partial charge in [0.15, 0.2) is 5.75 Å². The molecule has 1 aromatic carbocycles. The van der Waals surface area contributed by atoms with Crippen LogP contribution in [0.3, 0.4) is 0 Å². The van der Waals surface area contributed by atoms with Crippen LogP contribution in [0.15, 0.2) is 18.2 Å². The van der Waals surface area contributed by atoms with Gasteiger partial charge in [0.1, 0.15) is 6.10 Å². The number of nitro groups is 1. The van der Waals surface area contributed by atoms with E-state index in [2.05, 4.69) is 15.9 Å². The van der Waals surface area contributed by atoms with Gasteiger partial charge in [-0.2, -0.15) is 0 Å². The predicted octanol–water partition coefficient (Wildman–Crippen LogP) is 4.38. The topological polar surface area (TPSA) is 52.4 Å². The molecule has 2 saturated carbocycles. The summed E-state index contributed by atoms with van der Waals surface area (Å²) in [5.41, 5.74) is 1.11. The second-order valence-corrected chi connectivity index (χ2v) is 7.04. The molecule has 0 heterocycles. The standard InChI is InChI=1S/C15H18BrNO3/c1-10-5-4-6-11(17(18)19)14(10)20-13-9-12(16)15(13)7-2-3-8-15/h4-6,12-13H,2-3,7-9H2,1H3. The number of hydrogen-bond acceptors (Lipinski definition) is 3. The molecule has 2 aliphatic carbocycles. The van der Waals surface area contributed by atoms with Crippen molar-refractivity contribution in [2.24, 2.45) is 5.41 Å². The van der Waals surface area contributed by atoms with Crippen molar-refractivity contribution in [1.29, 1.82) is 0 Å². The second-order valence-electron chi connectivity index (χ2n) is 5.93. The van der Waals surface area contributed by atoms with Gasteiger partial charge in [-0.15, -0.1) is 0 Å². The van der Waals surface area contributed by atoms with Crippen LogP contribution in [0.25, 0.3) is 0 Å². The molecule has 108 valence electrons. The highest BCUT2D eigenvalue weighted by molar-refractivity contribution is 9.09. The van der Waals surface area contributed by atoms with Crippen LogP contribution in [0.1, 0.15) is 37.7 Å². The van der Waals surface area contributed by atoms with Gasteiger partial charge in [0.05, 0.1) is 4.92 Å². The molecule has 5 heteroatoms. The lowest BCUT2D eigenvalue weighted by Crippen LogP contribution is -2.55. The third-order valence-corrected chi connectivity index (χ3v) is 6.15. The van der Waals surface area contributed by atoms with Crippen molar-refractivity contribution in [3.63, 3.8) is 0 Å². The van der Waals surface area contributed by atoms with Gasteiger partial charge in [0, 0.05) is 16.3 Å². The van der Waals surface area contributed by atoms with E-state index in [1.165, 1.54) is 18.9 Å². The molecule has 3 rings (SSSR count). The number of rotatable bonds is 3. The monoisotopic (exact) mass is 339 g/mol. The number of nitrogens with zero attached hydrogens (tertiary/aromatic N) is 1. The van der Waals surface area contributed by atoms with Crippen LogP contribution in [-0.4, -0.2) is 15.9 Å². The predicted molar refractivity (Wildman–Crippen MR) is 80.5 cm³/mol. The van der Waals surface area contributed by atoms with Gasteiger partial charge in [-0.25, -0.2) is 0 Å². The third kappa shape index (κ3) is 2.03. The summed E-state index contributed by atoms with van der Waals surface area (Å²) in [6.07, 6.45) is 5.83. The molecule has 0 N–H and O–H groups in total. The van der Waals surface area contributed by atoms with Gasteiger partial charge in [0.25, 0.3) is 0 Å². The van der Waals surface area contributed by atoms with Gasteiger partial charge in [-0.1, -0.05) is 40.9 Å². The van der Waals surface area contributed by atoms with Crippen LogP contribution in [0.5, 0.6) is 5.75 Å². The quantitative estimate of drug-likeness (QED) is 0.466. The summed E-state index contributed by atoms with van der Waals surface area (Å²) in [7, 11) is 0. The van der Waals surface area contributed by atoms with E-state index < -0.39 is 0 Å². The average Bonchev–Trinajstić information content (AvgIpc) is 2.92. The molecule has 2 atom stereocenters. The van der Waals surface area contributed by atoms with Crippen molar-refractivity contribution in [3.05, 3.63) is 33.9 Å². The lowest BCUT2D eigenvalue weighted by Gasteiger charge is -2.51. The Morgan fingerprint density at radius 2 is 2.10 bits per heavy atom. The first-order valence-electron chi connectivity index (χ1n) is 7.09. The Morgan fingerprint density at radius 3 is 2.70 bits per heavy atom. The number of hydrogen-bond donors (Lipinski definition) is 0. The number of aryl methyl sites for hydroxylation is 1. The molecule has 1 spiro atoms. The molecule has 0 aromatic heterocycles. The van der Waals surface area contributed by atoms with Gasteiger partial charge in [0.2, 0.25) is 0 Å². The molecule has 2 unspecified atom stereocenters. The lowest BCUT2D eigenvalue weighted by atomic mass is 9.64. The first-order valence-corrected chi connectivity index (χ1v) is 8.01. The largest absolute Gasteiger partial charge is 0.483 e. The van der Waals surface area contributed by atoms with Crippen molar-refractivity contribution in [3.8, 4) is 5.75 Å². The zero-order valence-corrected chi connectivity index (χ0v) is 13.1. The summed E-state index contributed by atoms with van der Waals surface area (Å²) in [5.74, 6) is 0.452. The summed E-state index contributed by atoms with van der Waals surface area (Å²) in [6, 6.07) is 5.10. The number of halogens is 1. The van der Waals surface area contributed by atoms with E-state index in [0.717, 1.165) is 24.8 Å². The minimum atomic E-state index is -0.353. The summed E-state index contributed by atoms with van der Waals surface area (Å²) in [4.78, 5) is 11.3. The number of ether oxygens (including phenoxy) is 1. The molecule has 2 fully saturated rings. The van der Waals surface area contributed by atoms with Crippen molar-refractivity contribution in [2.45, 2.75) is 50.0 Å². The van der Waals surface area contributed by atoms with E-state index in [9.17, 15) is 10.1 Å². The highest BCUT2D eigenvalue weighted by atomic mass is 79.9. The molecule has 4 nitrogen and oxygen atoms in total. The lowest BCUT2D eigenvalue weighted by molar-refractivity contribution is -0.386. The Balaban J connectivity index is 1.87. The molecule has 2 aliphatic rings. The number of benzene rings is 1. The minimum Gasteiger partial charge on any atom is -0.483 e. The fourth-order valence-electron chi connectivity index (χ4n) is 3.61.